The van der Waals surface area contributed by atoms with Gasteiger partial charge in [0.05, 0.1) is 18.6 Å². The molecular weight excluding hydrogens is 448 g/mol. The van der Waals surface area contributed by atoms with E-state index in [0.717, 1.165) is 38.4 Å². The van der Waals surface area contributed by atoms with Crippen molar-refractivity contribution in [2.45, 2.75) is 110 Å². The van der Waals surface area contributed by atoms with Crippen LogP contribution >= 0.6 is 0 Å². The first-order valence-corrected chi connectivity index (χ1v) is 15.6. The smallest absolute Gasteiger partial charge is 0.268 e. The number of allylic oxidation sites excluding steroid dienone is 2. The van der Waals surface area contributed by atoms with Gasteiger partial charge in [0, 0.05) is 0 Å². The van der Waals surface area contributed by atoms with E-state index in [-0.39, 0.29) is 5.75 Å². The summed E-state index contributed by atoms with van der Waals surface area (Å²) in [5.41, 5.74) is 0. The van der Waals surface area contributed by atoms with E-state index in [1.165, 1.54) is 76.7 Å². The zero-order valence-corrected chi connectivity index (χ0v) is 22.1. The lowest BCUT2D eigenvalue weighted by molar-refractivity contribution is 0.309. The van der Waals surface area contributed by atoms with E-state index >= 15 is 0 Å². The Kier molecular flexibility index (Phi) is 24.5. The highest BCUT2D eigenvalue weighted by Gasteiger charge is 2.00. The van der Waals surface area contributed by atoms with E-state index in [9.17, 15) is 16.8 Å². The van der Waals surface area contributed by atoms with Crippen molar-refractivity contribution < 1.29 is 25.6 Å². The van der Waals surface area contributed by atoms with E-state index in [1.807, 2.05) is 12.2 Å². The highest BCUT2D eigenvalue weighted by atomic mass is 32.2. The van der Waals surface area contributed by atoms with E-state index < -0.39 is 20.2 Å². The molecule has 0 saturated heterocycles. The van der Waals surface area contributed by atoms with Crippen LogP contribution in [0.3, 0.4) is 0 Å². The van der Waals surface area contributed by atoms with Crippen molar-refractivity contribution in [2.24, 2.45) is 0 Å². The SMILES string of the molecule is C=CCCCCCCCCCOS(C)(=O)=O.CCCCCCCCCC=CCS(=O)(=O)O. The Morgan fingerprint density at radius 3 is 1.66 bits per heavy atom. The Bertz CT molecular complexity index is 639. The van der Waals surface area contributed by atoms with Crippen LogP contribution in [-0.2, 0) is 24.4 Å². The Labute approximate surface area is 198 Å². The minimum atomic E-state index is -3.82. The lowest BCUT2D eigenvalue weighted by Crippen LogP contribution is -2.03. The molecule has 0 aliphatic heterocycles. The average Bonchev–Trinajstić information content (AvgIpc) is 2.70. The van der Waals surface area contributed by atoms with Crippen LogP contribution in [0.15, 0.2) is 24.8 Å². The molecule has 0 spiro atoms. The van der Waals surface area contributed by atoms with Gasteiger partial charge in [0.2, 0.25) is 0 Å². The molecule has 0 aromatic carbocycles. The van der Waals surface area contributed by atoms with Crippen LogP contribution in [0.5, 0.6) is 0 Å². The second-order valence-corrected chi connectivity index (χ2v) is 11.3. The Hall–Kier alpha value is -0.700. The van der Waals surface area contributed by atoms with Gasteiger partial charge in [-0.1, -0.05) is 95.8 Å². The van der Waals surface area contributed by atoms with Gasteiger partial charge in [0.1, 0.15) is 0 Å². The molecule has 0 aliphatic rings. The molecule has 0 fully saturated rings. The average molecular weight is 497 g/mol. The van der Waals surface area contributed by atoms with Crippen LogP contribution in [0.4, 0.5) is 0 Å². The monoisotopic (exact) mass is 496 g/mol. The third kappa shape index (κ3) is 36.7. The second kappa shape index (κ2) is 23.5. The maximum Gasteiger partial charge on any atom is 0.268 e. The molecule has 0 atom stereocenters. The van der Waals surface area contributed by atoms with Crippen molar-refractivity contribution in [2.75, 3.05) is 18.6 Å². The standard InChI is InChI=1S/2C12H24O3S/c1-3-4-5-6-7-8-9-10-11-12-15-16(2,13)14;1-2-3-4-5-6-7-8-9-10-11-12-16(13,14)15/h3H,1,4-12H2,2H3;10-11H,2-9,12H2,1H3,(H,13,14,15). The molecule has 0 radical (unpaired) electrons. The first-order chi connectivity index (χ1) is 15.1. The van der Waals surface area contributed by atoms with Gasteiger partial charge in [-0.25, -0.2) is 0 Å². The summed E-state index contributed by atoms with van der Waals surface area (Å²) in [6.45, 7) is 6.22. The van der Waals surface area contributed by atoms with Gasteiger partial charge in [-0.15, -0.1) is 6.58 Å². The summed E-state index contributed by atoms with van der Waals surface area (Å²) in [5.74, 6) is -0.260. The largest absolute Gasteiger partial charge is 0.285 e. The highest BCUT2D eigenvalue weighted by Crippen LogP contribution is 2.09. The fraction of sp³-hybridized carbons (Fsp3) is 0.833. The number of hydrogen-bond donors (Lipinski definition) is 1. The molecule has 0 amide bonds. The van der Waals surface area contributed by atoms with Crippen LogP contribution in [0.25, 0.3) is 0 Å². The van der Waals surface area contributed by atoms with Crippen molar-refractivity contribution >= 4 is 20.2 Å². The molecule has 32 heavy (non-hydrogen) atoms. The summed E-state index contributed by atoms with van der Waals surface area (Å²) in [5, 5.41) is 0. The summed E-state index contributed by atoms with van der Waals surface area (Å²) in [6.07, 6.45) is 25.3. The molecule has 0 bridgehead atoms. The van der Waals surface area contributed by atoms with Gasteiger partial charge in [-0.3, -0.25) is 8.74 Å². The van der Waals surface area contributed by atoms with Gasteiger partial charge in [-0.05, 0) is 32.1 Å². The molecule has 6 nitrogen and oxygen atoms in total. The molecule has 0 saturated carbocycles. The predicted molar refractivity (Wildman–Crippen MR) is 136 cm³/mol. The minimum Gasteiger partial charge on any atom is -0.285 e. The Balaban J connectivity index is 0. The van der Waals surface area contributed by atoms with E-state index in [1.54, 1.807) is 0 Å². The maximum atomic E-state index is 10.6. The number of unbranched alkanes of at least 4 members (excludes halogenated alkanes) is 14. The third-order valence-electron chi connectivity index (χ3n) is 4.80. The van der Waals surface area contributed by atoms with Crippen molar-refractivity contribution in [1.82, 2.24) is 0 Å². The second-order valence-electron chi connectivity index (χ2n) is 8.21. The Morgan fingerprint density at radius 2 is 1.19 bits per heavy atom. The normalized spacial score (nSPS) is 12.0. The predicted octanol–water partition coefficient (Wildman–Crippen LogP) is 6.84. The summed E-state index contributed by atoms with van der Waals surface area (Å²) >= 11 is 0. The van der Waals surface area contributed by atoms with Crippen LogP contribution in [0, 0.1) is 0 Å². The molecule has 0 unspecified atom stereocenters. The van der Waals surface area contributed by atoms with E-state index in [0.29, 0.717) is 6.61 Å². The molecule has 192 valence electrons. The summed E-state index contributed by atoms with van der Waals surface area (Å²) in [7, 11) is -7.06. The molecule has 1 N–H and O–H groups in total. The van der Waals surface area contributed by atoms with Crippen molar-refractivity contribution in [3.63, 3.8) is 0 Å². The molecule has 0 heterocycles. The lowest BCUT2D eigenvalue weighted by Gasteiger charge is -2.02. The lowest BCUT2D eigenvalue weighted by atomic mass is 10.1. The van der Waals surface area contributed by atoms with Crippen molar-refractivity contribution in [3.05, 3.63) is 24.8 Å². The van der Waals surface area contributed by atoms with Gasteiger partial charge in [0.25, 0.3) is 20.2 Å². The Morgan fingerprint density at radius 1 is 0.719 bits per heavy atom. The molecule has 0 rings (SSSR count). The van der Waals surface area contributed by atoms with Crippen LogP contribution in [-0.4, -0.2) is 40.0 Å². The summed E-state index contributed by atoms with van der Waals surface area (Å²) in [6, 6.07) is 0. The molecule has 0 aromatic rings. The van der Waals surface area contributed by atoms with Gasteiger partial charge < -0.3 is 0 Å². The minimum absolute atomic E-state index is 0.260. The molecular formula is C24H48O6S2. The molecule has 8 heteroatoms. The van der Waals surface area contributed by atoms with E-state index in [2.05, 4.69) is 17.7 Å². The fourth-order valence-corrected chi connectivity index (χ4v) is 3.81. The van der Waals surface area contributed by atoms with Gasteiger partial charge >= 0.3 is 0 Å². The fourth-order valence-electron chi connectivity index (χ4n) is 3.01. The zero-order valence-electron chi connectivity index (χ0n) is 20.5. The highest BCUT2D eigenvalue weighted by molar-refractivity contribution is 7.86. The third-order valence-corrected chi connectivity index (χ3v) is 6.01. The van der Waals surface area contributed by atoms with Crippen LogP contribution in [0.1, 0.15) is 110 Å². The van der Waals surface area contributed by atoms with E-state index in [4.69, 9.17) is 4.55 Å². The quantitative estimate of drug-likeness (QED) is 0.0808. The maximum absolute atomic E-state index is 10.6. The summed E-state index contributed by atoms with van der Waals surface area (Å²) < 4.78 is 55.1. The first-order valence-electron chi connectivity index (χ1n) is 12.2. The molecule has 0 aliphatic carbocycles. The number of hydrogen-bond acceptors (Lipinski definition) is 5. The molecule has 0 aromatic heterocycles. The van der Waals surface area contributed by atoms with Crippen molar-refractivity contribution in [3.8, 4) is 0 Å². The van der Waals surface area contributed by atoms with Crippen molar-refractivity contribution in [1.29, 1.82) is 0 Å². The van der Waals surface area contributed by atoms with Crippen LogP contribution in [0.2, 0.25) is 0 Å². The zero-order chi connectivity index (χ0) is 24.6. The first kappa shape index (κ1) is 33.5. The van der Waals surface area contributed by atoms with Gasteiger partial charge in [0.15, 0.2) is 0 Å². The number of rotatable bonds is 21. The topological polar surface area (TPSA) is 97.7 Å². The van der Waals surface area contributed by atoms with Crippen LogP contribution < -0.4 is 0 Å². The van der Waals surface area contributed by atoms with Gasteiger partial charge in [-0.2, -0.15) is 16.8 Å². The summed E-state index contributed by atoms with van der Waals surface area (Å²) in [4.78, 5) is 0.